The minimum absolute atomic E-state index is 0.144. The normalized spacial score (nSPS) is 16.9. The topological polar surface area (TPSA) is 56.3 Å². The highest BCUT2D eigenvalue weighted by atomic mass is 35.5. The maximum Gasteiger partial charge on any atom is 0.231 e. The second-order valence-corrected chi connectivity index (χ2v) is 9.55. The van der Waals surface area contributed by atoms with E-state index in [9.17, 15) is 9.90 Å². The van der Waals surface area contributed by atoms with Crippen LogP contribution in [0, 0.1) is 0 Å². The highest BCUT2D eigenvalue weighted by Crippen LogP contribution is 2.40. The van der Waals surface area contributed by atoms with Gasteiger partial charge in [-0.2, -0.15) is 0 Å². The van der Waals surface area contributed by atoms with Crippen molar-refractivity contribution in [2.75, 3.05) is 50.1 Å². The van der Waals surface area contributed by atoms with Crippen LogP contribution in [0.5, 0.6) is 11.5 Å². The molecule has 2 heterocycles. The Balaban J connectivity index is 1.31. The molecule has 0 radical (unpaired) electrons. The van der Waals surface area contributed by atoms with Crippen molar-refractivity contribution in [2.24, 2.45) is 0 Å². The van der Waals surface area contributed by atoms with Crippen molar-refractivity contribution in [2.45, 2.75) is 6.54 Å². The van der Waals surface area contributed by atoms with Crippen LogP contribution in [0.25, 0.3) is 6.08 Å². The van der Waals surface area contributed by atoms with E-state index in [4.69, 9.17) is 16.3 Å². The molecule has 0 bridgehead atoms. The molecule has 5 rings (SSSR count). The molecule has 0 unspecified atom stereocenters. The molecule has 1 saturated heterocycles. The fourth-order valence-corrected chi connectivity index (χ4v) is 4.71. The van der Waals surface area contributed by atoms with E-state index in [1.54, 1.807) is 18.2 Å². The Kier molecular flexibility index (Phi) is 6.41. The molecular formula is C28H28ClN3O3. The summed E-state index contributed by atoms with van der Waals surface area (Å²) in [4.78, 5) is 19.6. The van der Waals surface area contributed by atoms with Crippen LogP contribution >= 0.6 is 11.6 Å². The lowest BCUT2D eigenvalue weighted by Gasteiger charge is -2.36. The zero-order chi connectivity index (χ0) is 24.5. The van der Waals surface area contributed by atoms with Crippen molar-refractivity contribution in [1.82, 2.24) is 4.90 Å². The van der Waals surface area contributed by atoms with E-state index < -0.39 is 0 Å². The Hall–Kier alpha value is -3.48. The Morgan fingerprint density at radius 2 is 1.77 bits per heavy atom. The molecule has 2 aliphatic rings. The quantitative estimate of drug-likeness (QED) is 0.506. The number of carbonyl (C=O) groups excluding carboxylic acids is 1. The van der Waals surface area contributed by atoms with Gasteiger partial charge in [-0.15, -0.1) is 0 Å². The van der Waals surface area contributed by atoms with E-state index >= 15 is 0 Å². The van der Waals surface area contributed by atoms with Gasteiger partial charge < -0.3 is 19.6 Å². The predicted octanol–water partition coefficient (Wildman–Crippen LogP) is 5.05. The van der Waals surface area contributed by atoms with Gasteiger partial charge in [-0.1, -0.05) is 29.8 Å². The van der Waals surface area contributed by atoms with Gasteiger partial charge in [-0.05, 0) is 54.1 Å². The summed E-state index contributed by atoms with van der Waals surface area (Å²) in [6, 6.07) is 19.0. The van der Waals surface area contributed by atoms with E-state index in [1.807, 2.05) is 61.5 Å². The first-order valence-corrected chi connectivity index (χ1v) is 12.1. The number of piperazine rings is 1. The predicted molar refractivity (Wildman–Crippen MR) is 141 cm³/mol. The van der Waals surface area contributed by atoms with Crippen molar-refractivity contribution in [1.29, 1.82) is 0 Å². The van der Waals surface area contributed by atoms with Crippen LogP contribution in [0.4, 0.5) is 11.4 Å². The summed E-state index contributed by atoms with van der Waals surface area (Å²) in [5.74, 6) is 0.716. The monoisotopic (exact) mass is 489 g/mol. The number of ketones is 1. The van der Waals surface area contributed by atoms with E-state index in [-0.39, 0.29) is 17.3 Å². The molecule has 0 saturated carbocycles. The number of phenols is 1. The number of hydrogen-bond acceptors (Lipinski definition) is 6. The average Bonchev–Trinajstić information content (AvgIpc) is 3.17. The lowest BCUT2D eigenvalue weighted by Crippen LogP contribution is -2.46. The average molecular weight is 490 g/mol. The molecule has 0 amide bonds. The van der Waals surface area contributed by atoms with Gasteiger partial charge in [0.05, 0.1) is 11.1 Å². The summed E-state index contributed by atoms with van der Waals surface area (Å²) in [6.45, 7) is 3.86. The lowest BCUT2D eigenvalue weighted by atomic mass is 10.0. The van der Waals surface area contributed by atoms with Crippen LogP contribution in [0.2, 0.25) is 5.02 Å². The van der Waals surface area contributed by atoms with Crippen molar-refractivity contribution in [3.8, 4) is 11.5 Å². The van der Waals surface area contributed by atoms with Crippen molar-refractivity contribution in [3.05, 3.63) is 88.1 Å². The summed E-state index contributed by atoms with van der Waals surface area (Å²) in [6.07, 6.45) is 1.76. The van der Waals surface area contributed by atoms with Crippen molar-refractivity contribution < 1.29 is 14.6 Å². The Morgan fingerprint density at radius 3 is 2.46 bits per heavy atom. The third-order valence-electron chi connectivity index (χ3n) is 6.55. The van der Waals surface area contributed by atoms with Gasteiger partial charge in [0.15, 0.2) is 5.76 Å². The number of ether oxygens (including phenoxy) is 1. The number of phenolic OH excluding ortho intramolecular Hbond substituents is 1. The minimum Gasteiger partial charge on any atom is -0.507 e. The number of aromatic hydroxyl groups is 1. The van der Waals surface area contributed by atoms with Crippen LogP contribution in [0.3, 0.4) is 0 Å². The van der Waals surface area contributed by atoms with Gasteiger partial charge in [0.2, 0.25) is 5.78 Å². The maximum atomic E-state index is 13.0. The molecule has 0 aromatic heterocycles. The third kappa shape index (κ3) is 4.85. The number of anilines is 2. The standard InChI is InChI=1S/C28H28ClN3O3/c1-30(2)21-8-6-19(7-9-21)16-26-27(34)23-10-11-25(33)24(28(23)35-26)18-31-12-14-32(15-13-31)22-5-3-4-20(29)17-22/h3-11,16-17,33H,12-15,18H2,1-2H3/b26-16+. The molecular weight excluding hydrogens is 462 g/mol. The summed E-state index contributed by atoms with van der Waals surface area (Å²) >= 11 is 6.15. The number of Topliss-reactive ketones (excluding diaryl/α,β-unsaturated/α-hetero) is 1. The summed E-state index contributed by atoms with van der Waals surface area (Å²) in [5.41, 5.74) is 4.22. The molecule has 3 aromatic carbocycles. The number of fused-ring (bicyclic) bond motifs is 1. The minimum atomic E-state index is -0.163. The largest absolute Gasteiger partial charge is 0.507 e. The molecule has 2 aliphatic heterocycles. The van der Waals surface area contributed by atoms with Crippen molar-refractivity contribution >= 4 is 34.8 Å². The number of rotatable bonds is 5. The second-order valence-electron chi connectivity index (χ2n) is 9.11. The van der Waals surface area contributed by atoms with Gasteiger partial charge in [0.25, 0.3) is 0 Å². The molecule has 1 fully saturated rings. The van der Waals surface area contributed by atoms with Crippen LogP contribution in [0.1, 0.15) is 21.5 Å². The summed E-state index contributed by atoms with van der Waals surface area (Å²) < 4.78 is 6.05. The van der Waals surface area contributed by atoms with Gasteiger partial charge in [0, 0.05) is 63.2 Å². The number of halogens is 1. The molecule has 1 N–H and O–H groups in total. The molecule has 180 valence electrons. The summed E-state index contributed by atoms with van der Waals surface area (Å²) in [7, 11) is 3.97. The zero-order valence-electron chi connectivity index (χ0n) is 19.9. The first-order chi connectivity index (χ1) is 16.9. The van der Waals surface area contributed by atoms with Crippen LogP contribution in [0.15, 0.2) is 66.4 Å². The van der Waals surface area contributed by atoms with E-state index in [0.29, 0.717) is 23.4 Å². The Bertz CT molecular complexity index is 1280. The van der Waals surface area contributed by atoms with Gasteiger partial charge in [-0.25, -0.2) is 0 Å². The number of hydrogen-bond donors (Lipinski definition) is 1. The first-order valence-electron chi connectivity index (χ1n) is 11.7. The first kappa shape index (κ1) is 23.3. The number of nitrogens with zero attached hydrogens (tertiary/aromatic N) is 3. The van der Waals surface area contributed by atoms with E-state index in [0.717, 1.165) is 48.1 Å². The number of carbonyl (C=O) groups is 1. The van der Waals surface area contributed by atoms with E-state index in [2.05, 4.69) is 15.9 Å². The fourth-order valence-electron chi connectivity index (χ4n) is 4.53. The summed E-state index contributed by atoms with van der Waals surface area (Å²) in [5, 5.41) is 11.4. The van der Waals surface area contributed by atoms with Gasteiger partial charge >= 0.3 is 0 Å². The SMILES string of the molecule is CN(C)c1ccc(/C=C2/Oc3c(ccc(O)c3CN3CCN(c4cccc(Cl)c4)CC3)C2=O)cc1. The Morgan fingerprint density at radius 1 is 1.03 bits per heavy atom. The fraction of sp³-hybridized carbons (Fsp3) is 0.250. The number of allylic oxidation sites excluding steroid dienone is 1. The van der Waals surface area contributed by atoms with E-state index in [1.165, 1.54) is 0 Å². The highest BCUT2D eigenvalue weighted by Gasteiger charge is 2.32. The third-order valence-corrected chi connectivity index (χ3v) is 6.79. The zero-order valence-corrected chi connectivity index (χ0v) is 20.6. The Labute approximate surface area is 210 Å². The molecule has 6 nitrogen and oxygen atoms in total. The molecule has 7 heteroatoms. The number of benzene rings is 3. The molecule has 0 aliphatic carbocycles. The van der Waals surface area contributed by atoms with Crippen molar-refractivity contribution in [3.63, 3.8) is 0 Å². The van der Waals surface area contributed by atoms with Gasteiger partial charge in [-0.3, -0.25) is 9.69 Å². The second kappa shape index (κ2) is 9.64. The molecule has 35 heavy (non-hydrogen) atoms. The molecule has 0 atom stereocenters. The molecule has 3 aromatic rings. The smallest absolute Gasteiger partial charge is 0.231 e. The van der Waals surface area contributed by atoms with Crippen LogP contribution in [-0.4, -0.2) is 56.1 Å². The van der Waals surface area contributed by atoms with Crippen LogP contribution in [-0.2, 0) is 6.54 Å². The highest BCUT2D eigenvalue weighted by molar-refractivity contribution is 6.30. The van der Waals surface area contributed by atoms with Crippen LogP contribution < -0.4 is 14.5 Å². The maximum absolute atomic E-state index is 13.0. The molecule has 0 spiro atoms. The lowest BCUT2D eigenvalue weighted by molar-refractivity contribution is 0.101. The van der Waals surface area contributed by atoms with Gasteiger partial charge in [0.1, 0.15) is 11.5 Å².